The molecule has 4 rings (SSSR count). The number of hydrogen-bond acceptors (Lipinski definition) is 4. The lowest BCUT2D eigenvalue weighted by Gasteiger charge is -2.59. The fraction of sp³-hybridized carbons (Fsp3) is 0.762. The first-order chi connectivity index (χ1) is 11.6. The molecule has 0 unspecified atom stereocenters. The van der Waals surface area contributed by atoms with Gasteiger partial charge in [-0.3, -0.25) is 4.79 Å². The molecule has 0 aromatic carbocycles. The zero-order valence-corrected chi connectivity index (χ0v) is 15.4. The normalized spacial score (nSPS) is 54.3. The summed E-state index contributed by atoms with van der Waals surface area (Å²) in [4.78, 5) is 12.2. The van der Waals surface area contributed by atoms with E-state index in [1.807, 2.05) is 12.2 Å². The van der Waals surface area contributed by atoms with Crippen LogP contribution in [0.1, 0.15) is 52.9 Å². The van der Waals surface area contributed by atoms with Crippen molar-refractivity contribution in [3.05, 3.63) is 23.8 Å². The van der Waals surface area contributed by atoms with Crippen molar-refractivity contribution >= 4 is 5.78 Å². The van der Waals surface area contributed by atoms with Crippen LogP contribution in [0.2, 0.25) is 0 Å². The first-order valence-corrected chi connectivity index (χ1v) is 9.64. The average molecular weight is 346 g/mol. The number of carbonyl (C=O) groups excluding carboxylic acids is 1. The molecule has 4 nitrogen and oxygen atoms in total. The monoisotopic (exact) mass is 346 g/mol. The molecule has 3 fully saturated rings. The minimum absolute atomic E-state index is 0.111. The smallest absolute Gasteiger partial charge is 0.161 e. The molecular weight excluding hydrogens is 316 g/mol. The highest BCUT2D eigenvalue weighted by molar-refractivity contribution is 5.86. The van der Waals surface area contributed by atoms with Crippen LogP contribution in [0.15, 0.2) is 23.8 Å². The number of Topliss-reactive ketones (excluding diaryl/α,β-unsaturated/α-hetero) is 1. The van der Waals surface area contributed by atoms with Crippen LogP contribution in [-0.2, 0) is 4.79 Å². The van der Waals surface area contributed by atoms with Gasteiger partial charge in [-0.2, -0.15) is 0 Å². The summed E-state index contributed by atoms with van der Waals surface area (Å²) in [6, 6.07) is 0. The fourth-order valence-corrected chi connectivity index (χ4v) is 6.96. The molecule has 0 radical (unpaired) electrons. The molecule has 0 amide bonds. The van der Waals surface area contributed by atoms with Gasteiger partial charge in [0.2, 0.25) is 0 Å². The van der Waals surface area contributed by atoms with Gasteiger partial charge in [0.05, 0.1) is 12.2 Å². The Morgan fingerprint density at radius 2 is 1.84 bits per heavy atom. The molecule has 25 heavy (non-hydrogen) atoms. The van der Waals surface area contributed by atoms with E-state index in [4.69, 9.17) is 0 Å². The number of allylic oxidation sites excluding steroid dienone is 1. The summed E-state index contributed by atoms with van der Waals surface area (Å²) in [6.07, 6.45) is 8.39. The summed E-state index contributed by atoms with van der Waals surface area (Å²) in [6.45, 7) is 5.78. The first kappa shape index (κ1) is 17.4. The zero-order chi connectivity index (χ0) is 18.2. The Hall–Kier alpha value is -0.970. The van der Waals surface area contributed by atoms with Crippen molar-refractivity contribution in [2.45, 2.75) is 70.7 Å². The molecule has 138 valence electrons. The van der Waals surface area contributed by atoms with E-state index < -0.39 is 23.2 Å². The Labute approximate surface area is 149 Å². The summed E-state index contributed by atoms with van der Waals surface area (Å²) in [7, 11) is 0. The Bertz CT molecular complexity index is 667. The zero-order valence-electron chi connectivity index (χ0n) is 15.4. The van der Waals surface area contributed by atoms with Crippen molar-refractivity contribution in [3.8, 4) is 0 Å². The number of aliphatic hydroxyl groups excluding tert-OH is 2. The van der Waals surface area contributed by atoms with Gasteiger partial charge in [0, 0.05) is 10.8 Å². The van der Waals surface area contributed by atoms with Crippen LogP contribution >= 0.6 is 0 Å². The van der Waals surface area contributed by atoms with Crippen LogP contribution < -0.4 is 0 Å². The topological polar surface area (TPSA) is 77.8 Å². The Morgan fingerprint density at radius 1 is 1.16 bits per heavy atom. The predicted octanol–water partition coefficient (Wildman–Crippen LogP) is 2.38. The van der Waals surface area contributed by atoms with Gasteiger partial charge in [-0.25, -0.2) is 0 Å². The van der Waals surface area contributed by atoms with E-state index in [9.17, 15) is 20.1 Å². The highest BCUT2D eigenvalue weighted by atomic mass is 16.3. The van der Waals surface area contributed by atoms with Crippen LogP contribution in [0.4, 0.5) is 0 Å². The summed E-state index contributed by atoms with van der Waals surface area (Å²) in [5, 5.41) is 31.9. The third kappa shape index (κ3) is 2.08. The molecule has 0 saturated heterocycles. The standard InChI is InChI=1S/C21H30O4/c1-12(22)21(25)9-6-16-14-11-18(24)17-10-13(23)4-7-19(17,2)15(14)5-8-20(16,21)3/h4,7,10,13-16,18,23-25H,5-6,8-9,11H2,1-3H3/t13-,14+,15-,16-,18-,19+,20-,21-/m0/s1. The minimum atomic E-state index is -1.22. The molecule has 4 heteroatoms. The van der Waals surface area contributed by atoms with Crippen LogP contribution in [0.3, 0.4) is 0 Å². The van der Waals surface area contributed by atoms with Crippen molar-refractivity contribution in [1.82, 2.24) is 0 Å². The van der Waals surface area contributed by atoms with Crippen molar-refractivity contribution in [1.29, 1.82) is 0 Å². The van der Waals surface area contributed by atoms with E-state index in [1.165, 1.54) is 6.92 Å². The lowest BCUT2D eigenvalue weighted by molar-refractivity contribution is -0.160. The molecule has 0 aliphatic heterocycles. The van der Waals surface area contributed by atoms with Crippen LogP contribution in [0, 0.1) is 28.6 Å². The quantitative estimate of drug-likeness (QED) is 0.637. The summed E-state index contributed by atoms with van der Waals surface area (Å²) < 4.78 is 0. The third-order valence-electron chi connectivity index (χ3n) is 8.41. The maximum absolute atomic E-state index is 12.2. The number of hydrogen-bond donors (Lipinski definition) is 3. The second kappa shape index (κ2) is 5.28. The van der Waals surface area contributed by atoms with Gasteiger partial charge in [-0.15, -0.1) is 0 Å². The van der Waals surface area contributed by atoms with Gasteiger partial charge in [-0.05, 0) is 68.4 Å². The maximum Gasteiger partial charge on any atom is 0.161 e. The van der Waals surface area contributed by atoms with E-state index >= 15 is 0 Å². The van der Waals surface area contributed by atoms with E-state index in [0.29, 0.717) is 24.7 Å². The van der Waals surface area contributed by atoms with Crippen LogP contribution in [-0.4, -0.2) is 38.9 Å². The van der Waals surface area contributed by atoms with Gasteiger partial charge in [0.1, 0.15) is 5.60 Å². The molecule has 0 aromatic heterocycles. The van der Waals surface area contributed by atoms with Crippen molar-refractivity contribution in [2.24, 2.45) is 28.6 Å². The molecule has 0 bridgehead atoms. The molecule has 3 saturated carbocycles. The number of ketones is 1. The molecule has 4 aliphatic carbocycles. The van der Waals surface area contributed by atoms with Crippen molar-refractivity contribution in [2.75, 3.05) is 0 Å². The Balaban J connectivity index is 1.73. The SMILES string of the molecule is CC(=O)[C@@]1(O)CC[C@H]2[C@@H]3C[C@H](O)C4=C[C@@H](O)C=C[C@]4(C)[C@H]3CC[C@@]21C. The van der Waals surface area contributed by atoms with E-state index in [-0.39, 0.29) is 17.1 Å². The number of rotatable bonds is 1. The molecule has 0 aromatic rings. The Morgan fingerprint density at radius 3 is 2.52 bits per heavy atom. The highest BCUT2D eigenvalue weighted by Gasteiger charge is 2.66. The minimum Gasteiger partial charge on any atom is -0.389 e. The number of fused-ring (bicyclic) bond motifs is 5. The molecule has 8 atom stereocenters. The molecule has 0 heterocycles. The first-order valence-electron chi connectivity index (χ1n) is 9.64. The number of aliphatic hydroxyl groups is 3. The maximum atomic E-state index is 12.2. The van der Waals surface area contributed by atoms with Crippen LogP contribution in [0.5, 0.6) is 0 Å². The summed E-state index contributed by atoms with van der Waals surface area (Å²) >= 11 is 0. The molecule has 4 aliphatic rings. The van der Waals surface area contributed by atoms with Crippen molar-refractivity contribution < 1.29 is 20.1 Å². The van der Waals surface area contributed by atoms with Gasteiger partial charge in [0.25, 0.3) is 0 Å². The van der Waals surface area contributed by atoms with Crippen LogP contribution in [0.25, 0.3) is 0 Å². The molecule has 3 N–H and O–H groups in total. The highest BCUT2D eigenvalue weighted by Crippen LogP contribution is 2.67. The van der Waals surface area contributed by atoms with Gasteiger partial charge in [0.15, 0.2) is 5.78 Å². The van der Waals surface area contributed by atoms with E-state index in [0.717, 1.165) is 24.8 Å². The second-order valence-electron chi connectivity index (χ2n) is 9.29. The lowest BCUT2D eigenvalue weighted by Crippen LogP contribution is -2.58. The number of carbonyl (C=O) groups is 1. The largest absolute Gasteiger partial charge is 0.389 e. The predicted molar refractivity (Wildman–Crippen MR) is 94.6 cm³/mol. The summed E-state index contributed by atoms with van der Waals surface area (Å²) in [5.41, 5.74) is -0.898. The van der Waals surface area contributed by atoms with Gasteiger partial charge in [-0.1, -0.05) is 26.0 Å². The summed E-state index contributed by atoms with van der Waals surface area (Å²) in [5.74, 6) is 0.829. The third-order valence-corrected chi connectivity index (χ3v) is 8.41. The van der Waals surface area contributed by atoms with E-state index in [1.54, 1.807) is 0 Å². The molecule has 0 spiro atoms. The van der Waals surface area contributed by atoms with Crippen molar-refractivity contribution in [3.63, 3.8) is 0 Å². The van der Waals surface area contributed by atoms with Gasteiger partial charge < -0.3 is 15.3 Å². The Kier molecular flexibility index (Phi) is 3.68. The fourth-order valence-electron chi connectivity index (χ4n) is 6.96. The molecular formula is C21H30O4. The second-order valence-corrected chi connectivity index (χ2v) is 9.29. The average Bonchev–Trinajstić information content (AvgIpc) is 2.83. The lowest BCUT2D eigenvalue weighted by atomic mass is 9.46. The van der Waals surface area contributed by atoms with Gasteiger partial charge >= 0.3 is 0 Å². The van der Waals surface area contributed by atoms with E-state index in [2.05, 4.69) is 19.9 Å².